The molecule has 2 unspecified atom stereocenters. The van der Waals surface area contributed by atoms with Crippen molar-refractivity contribution < 1.29 is 27.4 Å². The van der Waals surface area contributed by atoms with Crippen molar-refractivity contribution in [1.82, 2.24) is 4.90 Å². The van der Waals surface area contributed by atoms with Gasteiger partial charge >= 0.3 is 6.18 Å². The molecular formula is C15H17F4NO2. The number of hydrogen-bond acceptors (Lipinski definition) is 3. The number of alkyl halides is 3. The van der Waals surface area contributed by atoms with Gasteiger partial charge in [-0.05, 0) is 43.7 Å². The summed E-state index contributed by atoms with van der Waals surface area (Å²) in [5.74, 6) is -0.781. The zero-order valence-electron chi connectivity index (χ0n) is 12.0. The highest BCUT2D eigenvalue weighted by Gasteiger charge is 2.49. The fourth-order valence-electron chi connectivity index (χ4n) is 3.51. The van der Waals surface area contributed by atoms with E-state index in [4.69, 9.17) is 4.74 Å². The van der Waals surface area contributed by atoms with Crippen LogP contribution in [-0.4, -0.2) is 42.4 Å². The maximum absolute atomic E-state index is 13.5. The van der Waals surface area contributed by atoms with Gasteiger partial charge in [0.05, 0.1) is 24.4 Å². The third-order valence-corrected chi connectivity index (χ3v) is 4.71. The Labute approximate surface area is 125 Å². The maximum atomic E-state index is 13.5. The zero-order chi connectivity index (χ0) is 16.1. The summed E-state index contributed by atoms with van der Waals surface area (Å²) in [6.07, 6.45) is -4.45. The number of ether oxygens (including phenoxy) is 1. The van der Waals surface area contributed by atoms with Gasteiger partial charge in [0.15, 0.2) is 0 Å². The van der Waals surface area contributed by atoms with Crippen LogP contribution in [0.4, 0.5) is 17.6 Å². The van der Waals surface area contributed by atoms with Crippen molar-refractivity contribution in [2.45, 2.75) is 36.7 Å². The molecule has 0 amide bonds. The van der Waals surface area contributed by atoms with Gasteiger partial charge < -0.3 is 9.84 Å². The van der Waals surface area contributed by atoms with Crippen molar-refractivity contribution in [2.75, 3.05) is 20.3 Å². The number of hydrogen-bond donors (Lipinski definition) is 1. The second-order valence-corrected chi connectivity index (χ2v) is 6.14. The highest BCUT2D eigenvalue weighted by atomic mass is 19.4. The third-order valence-electron chi connectivity index (χ3n) is 4.71. The topological polar surface area (TPSA) is 32.7 Å². The van der Waals surface area contributed by atoms with E-state index < -0.39 is 23.2 Å². The molecule has 1 N–H and O–H groups in total. The second kappa shape index (κ2) is 5.18. The van der Waals surface area contributed by atoms with E-state index in [0.29, 0.717) is 19.3 Å². The van der Waals surface area contributed by atoms with Gasteiger partial charge in [-0.1, -0.05) is 0 Å². The highest BCUT2D eigenvalue weighted by Crippen LogP contribution is 2.45. The van der Waals surface area contributed by atoms with Gasteiger partial charge in [0.1, 0.15) is 5.82 Å². The molecule has 0 saturated carbocycles. The summed E-state index contributed by atoms with van der Waals surface area (Å²) < 4.78 is 58.5. The molecule has 7 heteroatoms. The Morgan fingerprint density at radius 3 is 2.36 bits per heavy atom. The van der Waals surface area contributed by atoms with Crippen LogP contribution in [0.5, 0.6) is 0 Å². The van der Waals surface area contributed by atoms with Gasteiger partial charge in [0.25, 0.3) is 0 Å². The Morgan fingerprint density at radius 2 is 1.82 bits per heavy atom. The molecular weight excluding hydrogens is 302 g/mol. The SMILES string of the molecule is CN1C2COCC1CC(O)(c1cc(F)ccc1C(F)(F)F)C2. The van der Waals surface area contributed by atoms with Crippen LogP contribution >= 0.6 is 0 Å². The van der Waals surface area contributed by atoms with E-state index >= 15 is 0 Å². The van der Waals surface area contributed by atoms with Gasteiger partial charge in [-0.25, -0.2) is 4.39 Å². The Kier molecular flexibility index (Phi) is 3.70. The molecule has 0 aliphatic carbocycles. The van der Waals surface area contributed by atoms with E-state index in [-0.39, 0.29) is 30.5 Å². The Morgan fingerprint density at radius 1 is 1.23 bits per heavy atom. The minimum Gasteiger partial charge on any atom is -0.385 e. The number of nitrogens with zero attached hydrogens (tertiary/aromatic N) is 1. The zero-order valence-corrected chi connectivity index (χ0v) is 12.0. The standard InChI is InChI=1S/C15H17F4NO2/c1-20-10-5-14(21,6-11(20)8-22-7-10)13-4-9(16)2-3-12(13)15(17,18)19/h2-4,10-11,21H,5-8H2,1H3. The van der Waals surface area contributed by atoms with Gasteiger partial charge in [-0.15, -0.1) is 0 Å². The number of fused-ring (bicyclic) bond motifs is 2. The molecule has 0 aromatic heterocycles. The lowest BCUT2D eigenvalue weighted by molar-refractivity contribution is -0.153. The molecule has 3 nitrogen and oxygen atoms in total. The summed E-state index contributed by atoms with van der Waals surface area (Å²) in [7, 11) is 1.87. The number of aliphatic hydroxyl groups is 1. The maximum Gasteiger partial charge on any atom is 0.416 e. The normalized spacial score (nSPS) is 33.0. The summed E-state index contributed by atoms with van der Waals surface area (Å²) >= 11 is 0. The van der Waals surface area contributed by atoms with E-state index in [0.717, 1.165) is 12.1 Å². The van der Waals surface area contributed by atoms with Crippen LogP contribution in [0, 0.1) is 5.82 Å². The Balaban J connectivity index is 2.05. The van der Waals surface area contributed by atoms with Crippen LogP contribution in [0.25, 0.3) is 0 Å². The summed E-state index contributed by atoms with van der Waals surface area (Å²) in [5, 5.41) is 10.9. The highest BCUT2D eigenvalue weighted by molar-refractivity contribution is 5.36. The van der Waals surface area contributed by atoms with Crippen LogP contribution in [-0.2, 0) is 16.5 Å². The largest absolute Gasteiger partial charge is 0.416 e. The van der Waals surface area contributed by atoms with Crippen LogP contribution in [0.3, 0.4) is 0 Å². The van der Waals surface area contributed by atoms with Crippen LogP contribution in [0.15, 0.2) is 18.2 Å². The lowest BCUT2D eigenvalue weighted by Gasteiger charge is -2.50. The molecule has 1 aromatic carbocycles. The minimum atomic E-state index is -4.63. The van der Waals surface area contributed by atoms with Gasteiger partial charge in [0, 0.05) is 12.1 Å². The van der Waals surface area contributed by atoms with E-state index in [2.05, 4.69) is 0 Å². The Hall–Kier alpha value is -1.18. The summed E-state index contributed by atoms with van der Waals surface area (Å²) in [6.45, 7) is 0.706. The molecule has 2 aliphatic heterocycles. The van der Waals surface area contributed by atoms with Crippen molar-refractivity contribution >= 4 is 0 Å². The predicted molar refractivity (Wildman–Crippen MR) is 70.7 cm³/mol. The summed E-state index contributed by atoms with van der Waals surface area (Å²) in [5.41, 5.74) is -3.04. The smallest absolute Gasteiger partial charge is 0.385 e. The molecule has 0 radical (unpaired) electrons. The first kappa shape index (κ1) is 15.7. The lowest BCUT2D eigenvalue weighted by atomic mass is 9.75. The molecule has 0 spiro atoms. The van der Waals surface area contributed by atoms with Gasteiger partial charge in [-0.2, -0.15) is 13.2 Å². The van der Waals surface area contributed by atoms with Gasteiger partial charge in [-0.3, -0.25) is 4.90 Å². The third kappa shape index (κ3) is 2.61. The number of piperidine rings is 1. The average Bonchev–Trinajstić information content (AvgIpc) is 2.39. The lowest BCUT2D eigenvalue weighted by Crippen LogP contribution is -2.59. The molecule has 2 atom stereocenters. The number of rotatable bonds is 1. The van der Waals surface area contributed by atoms with Crippen molar-refractivity contribution in [3.63, 3.8) is 0 Å². The number of likely N-dealkylation sites (N-methyl/N-ethyl adjacent to an activating group) is 1. The van der Waals surface area contributed by atoms with Crippen molar-refractivity contribution in [2.24, 2.45) is 0 Å². The van der Waals surface area contributed by atoms with Crippen molar-refractivity contribution in [1.29, 1.82) is 0 Å². The Bertz CT molecular complexity index is 561. The molecule has 22 heavy (non-hydrogen) atoms. The summed E-state index contributed by atoms with van der Waals surface area (Å²) in [4.78, 5) is 2.02. The van der Waals surface area contributed by atoms with E-state index in [1.807, 2.05) is 11.9 Å². The van der Waals surface area contributed by atoms with Gasteiger partial charge in [0.2, 0.25) is 0 Å². The predicted octanol–water partition coefficient (Wildman–Crippen LogP) is 2.53. The molecule has 2 bridgehead atoms. The number of morpholine rings is 1. The molecule has 2 saturated heterocycles. The summed E-state index contributed by atoms with van der Waals surface area (Å²) in [6, 6.07) is 1.93. The molecule has 1 aromatic rings. The minimum absolute atomic E-state index is 0.0898. The van der Waals surface area contributed by atoms with Crippen LogP contribution in [0.2, 0.25) is 0 Å². The average molecular weight is 319 g/mol. The van der Waals surface area contributed by atoms with Crippen molar-refractivity contribution in [3.05, 3.63) is 35.1 Å². The monoisotopic (exact) mass is 319 g/mol. The first-order chi connectivity index (χ1) is 10.2. The molecule has 122 valence electrons. The van der Waals surface area contributed by atoms with E-state index in [1.54, 1.807) is 0 Å². The van der Waals surface area contributed by atoms with E-state index in [9.17, 15) is 22.7 Å². The molecule has 3 rings (SSSR count). The first-order valence-corrected chi connectivity index (χ1v) is 7.10. The molecule has 2 aliphatic rings. The number of benzene rings is 1. The first-order valence-electron chi connectivity index (χ1n) is 7.10. The quantitative estimate of drug-likeness (QED) is 0.808. The molecule has 2 fully saturated rings. The van der Waals surface area contributed by atoms with Crippen molar-refractivity contribution in [3.8, 4) is 0 Å². The van der Waals surface area contributed by atoms with Crippen LogP contribution in [0.1, 0.15) is 24.0 Å². The van der Waals surface area contributed by atoms with E-state index in [1.165, 1.54) is 0 Å². The van der Waals surface area contributed by atoms with Crippen LogP contribution < -0.4 is 0 Å². The fraction of sp³-hybridized carbons (Fsp3) is 0.600. The second-order valence-electron chi connectivity index (χ2n) is 6.14. The fourth-order valence-corrected chi connectivity index (χ4v) is 3.51. The molecule has 2 heterocycles. The number of halogens is 4.